The lowest BCUT2D eigenvalue weighted by molar-refractivity contribution is 1.23. The molecule has 4 aromatic heterocycles. The maximum atomic E-state index is 2.73. The van der Waals surface area contributed by atoms with Gasteiger partial charge in [-0.15, -0.1) is 22.7 Å². The van der Waals surface area contributed by atoms with Gasteiger partial charge in [0.15, 0.2) is 0 Å². The topological polar surface area (TPSA) is 16.3 Å². The van der Waals surface area contributed by atoms with E-state index in [1.54, 1.807) is 0 Å². The summed E-state index contributed by atoms with van der Waals surface area (Å²) in [6.45, 7) is -0.264. The third kappa shape index (κ3) is 4.57. The fourth-order valence-corrected chi connectivity index (χ4v) is 16.9. The number of nitrogens with zero attached hydrogens (tertiary/aromatic N) is 4. The molecule has 0 saturated heterocycles. The molecule has 19 rings (SSSR count). The van der Waals surface area contributed by atoms with Crippen molar-refractivity contribution in [2.45, 2.75) is 0 Å². The molecule has 0 spiro atoms. The first-order chi connectivity index (χ1) is 36.8. The second-order valence-electron chi connectivity index (χ2n) is 20.6. The number of para-hydroxylation sites is 6. The van der Waals surface area contributed by atoms with Crippen molar-refractivity contribution in [1.29, 1.82) is 0 Å². The predicted molar refractivity (Wildman–Crippen MR) is 319 cm³/mol. The molecule has 11 aromatic carbocycles. The highest BCUT2D eigenvalue weighted by Gasteiger charge is 2.49. The van der Waals surface area contributed by atoms with Gasteiger partial charge in [-0.25, -0.2) is 0 Å². The molecule has 0 bridgehead atoms. The van der Waals surface area contributed by atoms with E-state index in [4.69, 9.17) is 0 Å². The van der Waals surface area contributed by atoms with Crippen LogP contribution in [0.5, 0.6) is 0 Å². The number of anilines is 6. The quantitative estimate of drug-likeness (QED) is 0.161. The van der Waals surface area contributed by atoms with Gasteiger partial charge in [0.2, 0.25) is 0 Å². The first-order valence-electron chi connectivity index (χ1n) is 25.7. The van der Waals surface area contributed by atoms with Crippen LogP contribution in [-0.2, 0) is 0 Å². The Hall–Kier alpha value is -8.81. The molecular weight excluding hydrogens is 935 g/mol. The summed E-state index contributed by atoms with van der Waals surface area (Å²) in [5.41, 5.74) is 23.0. The molecular formula is C66H36B2N4S2. The van der Waals surface area contributed by atoms with Crippen LogP contribution in [-0.4, -0.2) is 22.7 Å². The van der Waals surface area contributed by atoms with Crippen molar-refractivity contribution < 1.29 is 0 Å². The Balaban J connectivity index is 1.03. The highest BCUT2D eigenvalue weighted by atomic mass is 32.1. The SMILES string of the molecule is c1ccc(N2c3cc4c(cc3B3c5c2cc2sc6ccccc6c2c5-c2cccc5c6ccccc6n3c25)B2c3c(cc5sc6ccccc6c5c3-c3cccc5c6ccccc6n2c35)N4c2ccccc2)cc1. The van der Waals surface area contributed by atoms with Gasteiger partial charge in [-0.3, -0.25) is 0 Å². The fraction of sp³-hybridized carbons (Fsp3) is 0. The van der Waals surface area contributed by atoms with Crippen LogP contribution >= 0.6 is 22.7 Å². The number of hydrogen-bond acceptors (Lipinski definition) is 4. The number of benzene rings is 11. The van der Waals surface area contributed by atoms with Crippen molar-refractivity contribution in [2.24, 2.45) is 0 Å². The van der Waals surface area contributed by atoms with Gasteiger partial charge in [0, 0.05) is 129 Å². The van der Waals surface area contributed by atoms with Crippen molar-refractivity contribution in [3.63, 3.8) is 0 Å². The fourth-order valence-electron chi connectivity index (χ4n) is 14.6. The lowest BCUT2D eigenvalue weighted by Gasteiger charge is -2.44. The molecule has 74 heavy (non-hydrogen) atoms. The number of fused-ring (bicyclic) bond motifs is 22. The molecule has 0 aliphatic carbocycles. The van der Waals surface area contributed by atoms with E-state index in [1.165, 1.54) is 151 Å². The average molecular weight is 971 g/mol. The Labute approximate surface area is 433 Å². The van der Waals surface area contributed by atoms with Gasteiger partial charge >= 0.3 is 13.7 Å². The molecule has 0 radical (unpaired) electrons. The van der Waals surface area contributed by atoms with E-state index in [1.807, 2.05) is 22.7 Å². The molecule has 0 unspecified atom stereocenters. The maximum Gasteiger partial charge on any atom is 0.333 e. The summed E-state index contributed by atoms with van der Waals surface area (Å²) in [7, 11) is 0. The van der Waals surface area contributed by atoms with Gasteiger partial charge in [-0.05, 0) is 99.7 Å². The summed E-state index contributed by atoms with van der Waals surface area (Å²) < 4.78 is 10.7. The number of hydrogen-bond donors (Lipinski definition) is 0. The zero-order valence-corrected chi connectivity index (χ0v) is 41.2. The molecule has 0 amide bonds. The Kier molecular flexibility index (Phi) is 7.14. The molecule has 338 valence electrons. The number of aromatic nitrogens is 2. The molecule has 0 fully saturated rings. The summed E-state index contributed by atoms with van der Waals surface area (Å²) in [5.74, 6) is 0. The van der Waals surface area contributed by atoms with Gasteiger partial charge < -0.3 is 18.8 Å². The second kappa shape index (κ2) is 13.6. The van der Waals surface area contributed by atoms with Gasteiger partial charge in [0.05, 0.1) is 0 Å². The first kappa shape index (κ1) is 38.8. The van der Waals surface area contributed by atoms with Crippen LogP contribution in [0, 0.1) is 0 Å². The summed E-state index contributed by atoms with van der Waals surface area (Å²) >= 11 is 3.84. The van der Waals surface area contributed by atoms with Crippen LogP contribution in [0.15, 0.2) is 218 Å². The molecule has 0 N–H and O–H groups in total. The summed E-state index contributed by atoms with van der Waals surface area (Å²) in [6.07, 6.45) is 0. The monoisotopic (exact) mass is 970 g/mol. The summed E-state index contributed by atoms with van der Waals surface area (Å²) in [6, 6.07) is 83.2. The predicted octanol–water partition coefficient (Wildman–Crippen LogP) is 15.5. The van der Waals surface area contributed by atoms with Gasteiger partial charge in [-0.1, -0.05) is 152 Å². The molecule has 0 atom stereocenters. The van der Waals surface area contributed by atoms with E-state index in [2.05, 4.69) is 237 Å². The lowest BCUT2D eigenvalue weighted by atomic mass is 9.41. The van der Waals surface area contributed by atoms with Crippen molar-refractivity contribution in [3.05, 3.63) is 218 Å². The standard InChI is InChI=1S/C66H36B2N4S2/c1-3-17-37(18-4-1)69-51-34-52-48(33-47(51)67-63-53(69)35-57-59(43-23-9-13-31-55(43)73-57)61(63)45-27-15-25-41-39-21-7-11-29-49(39)71(67)65(41)45)68-64-54(70(52)38-19-5-2-6-20-38)36-58-60(44-24-10-14-32-56(44)74-58)62(64)46-28-16-26-42-40-22-8-12-30-50(40)72(68)66(42)46/h1-36H. The van der Waals surface area contributed by atoms with Crippen LogP contribution in [0.1, 0.15) is 0 Å². The summed E-state index contributed by atoms with van der Waals surface area (Å²) in [4.78, 5) is 5.23. The van der Waals surface area contributed by atoms with E-state index in [-0.39, 0.29) is 13.7 Å². The minimum Gasteiger partial charge on any atom is -0.375 e. The second-order valence-corrected chi connectivity index (χ2v) is 22.8. The zero-order valence-electron chi connectivity index (χ0n) is 39.5. The highest BCUT2D eigenvalue weighted by molar-refractivity contribution is 7.26. The van der Waals surface area contributed by atoms with Crippen molar-refractivity contribution in [3.8, 4) is 22.3 Å². The molecule has 15 aromatic rings. The van der Waals surface area contributed by atoms with Crippen LogP contribution in [0.4, 0.5) is 34.1 Å². The van der Waals surface area contributed by atoms with E-state index < -0.39 is 0 Å². The van der Waals surface area contributed by atoms with Gasteiger partial charge in [-0.2, -0.15) is 0 Å². The van der Waals surface area contributed by atoms with Crippen LogP contribution in [0.25, 0.3) is 106 Å². The van der Waals surface area contributed by atoms with Crippen LogP contribution in [0.2, 0.25) is 0 Å². The Bertz CT molecular complexity index is 4750. The lowest BCUT2D eigenvalue weighted by Crippen LogP contribution is -2.61. The van der Waals surface area contributed by atoms with Crippen molar-refractivity contribution in [1.82, 2.24) is 8.96 Å². The largest absolute Gasteiger partial charge is 0.375 e. The molecule has 8 heteroatoms. The highest BCUT2D eigenvalue weighted by Crippen LogP contribution is 2.54. The average Bonchev–Trinajstić information content (AvgIpc) is 4.24. The van der Waals surface area contributed by atoms with Gasteiger partial charge in [0.1, 0.15) is 0 Å². The molecule has 4 aliphatic rings. The molecule has 4 nitrogen and oxygen atoms in total. The Morgan fingerprint density at radius 3 is 1.19 bits per heavy atom. The summed E-state index contributed by atoms with van der Waals surface area (Å²) in [5, 5.41) is 10.6. The normalized spacial score (nSPS) is 13.8. The van der Waals surface area contributed by atoms with Crippen molar-refractivity contribution >= 4 is 176 Å². The minimum atomic E-state index is -0.132. The zero-order chi connectivity index (χ0) is 47.7. The minimum absolute atomic E-state index is 0.132. The van der Waals surface area contributed by atoms with Crippen LogP contribution in [0.3, 0.4) is 0 Å². The van der Waals surface area contributed by atoms with E-state index >= 15 is 0 Å². The van der Waals surface area contributed by atoms with Crippen molar-refractivity contribution in [2.75, 3.05) is 9.80 Å². The van der Waals surface area contributed by atoms with Gasteiger partial charge in [0.25, 0.3) is 0 Å². The first-order valence-corrected chi connectivity index (χ1v) is 27.3. The van der Waals surface area contributed by atoms with E-state index in [0.29, 0.717) is 0 Å². The Morgan fingerprint density at radius 2 is 0.716 bits per heavy atom. The molecule has 4 aliphatic heterocycles. The third-order valence-corrected chi connectivity index (χ3v) is 19.4. The molecule has 0 saturated carbocycles. The third-order valence-electron chi connectivity index (χ3n) is 17.2. The van der Waals surface area contributed by atoms with E-state index in [9.17, 15) is 0 Å². The number of rotatable bonds is 2. The van der Waals surface area contributed by atoms with Crippen LogP contribution < -0.4 is 31.7 Å². The Morgan fingerprint density at radius 1 is 0.311 bits per heavy atom. The van der Waals surface area contributed by atoms with E-state index in [0.717, 1.165) is 11.4 Å². The molecule has 8 heterocycles. The smallest absolute Gasteiger partial charge is 0.333 e. The number of thiophene rings is 2. The maximum absolute atomic E-state index is 2.73.